The first-order chi connectivity index (χ1) is 11.7. The van der Waals surface area contributed by atoms with E-state index in [1.54, 1.807) is 0 Å². The molecule has 0 spiro atoms. The molecule has 25 heavy (non-hydrogen) atoms. The molecule has 0 aliphatic heterocycles. The molecule has 6 heteroatoms. The summed E-state index contributed by atoms with van der Waals surface area (Å²) in [5.41, 5.74) is -0.312. The molecule has 1 aromatic carbocycles. The van der Waals surface area contributed by atoms with Gasteiger partial charge in [0.25, 0.3) is 5.91 Å². The van der Waals surface area contributed by atoms with Crippen molar-refractivity contribution in [2.75, 3.05) is 11.9 Å². The summed E-state index contributed by atoms with van der Waals surface area (Å²) in [6.07, 6.45) is 3.39. The van der Waals surface area contributed by atoms with Crippen LogP contribution in [0.5, 0.6) is 0 Å². The number of anilines is 1. The van der Waals surface area contributed by atoms with Crippen LogP contribution >= 0.6 is 0 Å². The second-order valence-electron chi connectivity index (χ2n) is 7.67. The zero-order chi connectivity index (χ0) is 18.6. The van der Waals surface area contributed by atoms with Crippen LogP contribution in [0.2, 0.25) is 0 Å². The first-order valence-corrected chi connectivity index (χ1v) is 8.59. The predicted molar refractivity (Wildman–Crippen MR) is 90.8 cm³/mol. The molecule has 138 valence electrons. The molecule has 1 amide bonds. The van der Waals surface area contributed by atoms with Gasteiger partial charge in [-0.1, -0.05) is 26.8 Å². The van der Waals surface area contributed by atoms with Gasteiger partial charge in [-0.15, -0.1) is 0 Å². The van der Waals surface area contributed by atoms with Crippen molar-refractivity contribution in [1.29, 1.82) is 0 Å². The van der Waals surface area contributed by atoms with Gasteiger partial charge in [0.15, 0.2) is 6.61 Å². The number of nitrogens with one attached hydrogen (secondary N) is 1. The van der Waals surface area contributed by atoms with Crippen molar-refractivity contribution in [3.05, 3.63) is 29.8 Å². The van der Waals surface area contributed by atoms with Crippen molar-refractivity contribution in [1.82, 2.24) is 0 Å². The van der Waals surface area contributed by atoms with E-state index in [1.807, 2.05) is 0 Å². The molecular weight excluding hydrogens is 328 g/mol. The Morgan fingerprint density at radius 3 is 2.20 bits per heavy atom. The molecule has 0 atom stereocenters. The Balaban J connectivity index is 1.80. The summed E-state index contributed by atoms with van der Waals surface area (Å²) >= 11 is 0. The van der Waals surface area contributed by atoms with E-state index in [-0.39, 0.29) is 11.3 Å². The van der Waals surface area contributed by atoms with Crippen molar-refractivity contribution in [2.45, 2.75) is 46.5 Å². The van der Waals surface area contributed by atoms with Gasteiger partial charge in [0, 0.05) is 0 Å². The number of ether oxygens (including phenoxy) is 1. The van der Waals surface area contributed by atoms with Gasteiger partial charge in [0.05, 0.1) is 5.92 Å². The average molecular weight is 353 g/mol. The highest BCUT2D eigenvalue weighted by Gasteiger charge is 2.33. The number of hydrogen-bond acceptors (Lipinski definition) is 3. The quantitative estimate of drug-likeness (QED) is 0.821. The summed E-state index contributed by atoms with van der Waals surface area (Å²) in [4.78, 5) is 23.9. The molecule has 1 aliphatic rings. The Morgan fingerprint density at radius 2 is 1.68 bits per heavy atom. The van der Waals surface area contributed by atoms with E-state index >= 15 is 0 Å². The van der Waals surface area contributed by atoms with Gasteiger partial charge >= 0.3 is 5.97 Å². The zero-order valence-electron chi connectivity index (χ0n) is 14.9. The van der Waals surface area contributed by atoms with Crippen LogP contribution in [0.4, 0.5) is 14.5 Å². The second-order valence-corrected chi connectivity index (χ2v) is 7.67. The van der Waals surface area contributed by atoms with Crippen molar-refractivity contribution >= 4 is 17.6 Å². The number of carbonyl (C=O) groups excluding carboxylic acids is 2. The monoisotopic (exact) mass is 353 g/mol. The van der Waals surface area contributed by atoms with Gasteiger partial charge in [0.2, 0.25) is 0 Å². The van der Waals surface area contributed by atoms with Crippen LogP contribution in [-0.2, 0) is 14.3 Å². The number of amides is 1. The first kappa shape index (κ1) is 19.3. The summed E-state index contributed by atoms with van der Waals surface area (Å²) in [6.45, 7) is 6.04. The lowest BCUT2D eigenvalue weighted by molar-refractivity contribution is -0.153. The minimum Gasteiger partial charge on any atom is -0.455 e. The maximum Gasteiger partial charge on any atom is 0.309 e. The fourth-order valence-electron chi connectivity index (χ4n) is 3.24. The number of carbonyl (C=O) groups is 2. The predicted octanol–water partition coefficient (Wildman–Crippen LogP) is 4.30. The number of rotatable bonds is 4. The third-order valence-electron chi connectivity index (χ3n) is 4.86. The van der Waals surface area contributed by atoms with Crippen LogP contribution in [-0.4, -0.2) is 18.5 Å². The third-order valence-corrected chi connectivity index (χ3v) is 4.86. The first-order valence-electron chi connectivity index (χ1n) is 8.59. The van der Waals surface area contributed by atoms with E-state index in [1.165, 1.54) is 6.07 Å². The summed E-state index contributed by atoms with van der Waals surface area (Å²) in [6, 6.07) is 3.28. The molecule has 0 bridgehead atoms. The van der Waals surface area contributed by atoms with E-state index in [2.05, 4.69) is 26.1 Å². The maximum absolute atomic E-state index is 13.5. The summed E-state index contributed by atoms with van der Waals surface area (Å²) in [5.74, 6) is -2.57. The fourth-order valence-corrected chi connectivity index (χ4v) is 3.24. The summed E-state index contributed by atoms with van der Waals surface area (Å²) in [7, 11) is 0. The normalized spacial score (nSPS) is 20.8. The summed E-state index contributed by atoms with van der Waals surface area (Å²) < 4.78 is 32.0. The van der Waals surface area contributed by atoms with Gasteiger partial charge in [0.1, 0.15) is 17.3 Å². The van der Waals surface area contributed by atoms with E-state index in [9.17, 15) is 18.4 Å². The van der Waals surface area contributed by atoms with Crippen molar-refractivity contribution in [3.63, 3.8) is 0 Å². The number of halogens is 2. The lowest BCUT2D eigenvalue weighted by atomic mass is 9.70. The Labute approximate surface area is 146 Å². The molecule has 0 heterocycles. The number of para-hydroxylation sites is 1. The van der Waals surface area contributed by atoms with Gasteiger partial charge in [-0.25, -0.2) is 8.78 Å². The van der Waals surface area contributed by atoms with Crippen LogP contribution in [0.15, 0.2) is 18.2 Å². The Hall–Kier alpha value is -1.98. The smallest absolute Gasteiger partial charge is 0.309 e. The lowest BCUT2D eigenvalue weighted by Crippen LogP contribution is -2.31. The molecule has 0 radical (unpaired) electrons. The van der Waals surface area contributed by atoms with E-state index in [0.29, 0.717) is 5.92 Å². The Kier molecular flexibility index (Phi) is 6.14. The zero-order valence-corrected chi connectivity index (χ0v) is 14.9. The van der Waals surface area contributed by atoms with Crippen molar-refractivity contribution in [2.24, 2.45) is 17.3 Å². The minimum atomic E-state index is -0.875. The highest BCUT2D eigenvalue weighted by molar-refractivity contribution is 5.93. The highest BCUT2D eigenvalue weighted by Crippen LogP contribution is 2.40. The van der Waals surface area contributed by atoms with Crippen LogP contribution in [0.25, 0.3) is 0 Å². The third kappa shape index (κ3) is 5.25. The molecule has 0 unspecified atom stereocenters. The van der Waals surface area contributed by atoms with Crippen LogP contribution < -0.4 is 5.32 Å². The van der Waals surface area contributed by atoms with Gasteiger partial charge in [-0.2, -0.15) is 0 Å². The van der Waals surface area contributed by atoms with Gasteiger partial charge < -0.3 is 10.1 Å². The largest absolute Gasteiger partial charge is 0.455 e. The van der Waals surface area contributed by atoms with Crippen LogP contribution in [0, 0.1) is 28.9 Å². The topological polar surface area (TPSA) is 55.4 Å². The number of benzene rings is 1. The number of hydrogen-bond donors (Lipinski definition) is 1. The van der Waals surface area contributed by atoms with Gasteiger partial charge in [-0.3, -0.25) is 9.59 Å². The molecule has 1 aliphatic carbocycles. The van der Waals surface area contributed by atoms with Crippen molar-refractivity contribution in [3.8, 4) is 0 Å². The Bertz CT molecular complexity index is 612. The van der Waals surface area contributed by atoms with E-state index < -0.39 is 35.8 Å². The van der Waals surface area contributed by atoms with Gasteiger partial charge in [-0.05, 0) is 49.1 Å². The Morgan fingerprint density at radius 1 is 1.12 bits per heavy atom. The summed E-state index contributed by atoms with van der Waals surface area (Å²) in [5, 5.41) is 2.10. The SMILES string of the molecule is CC(C)(C)C1CCC(C(=O)OCC(=O)Nc2c(F)cccc2F)CC1. The molecule has 0 aromatic heterocycles. The highest BCUT2D eigenvalue weighted by atomic mass is 19.1. The standard InChI is InChI=1S/C19H25F2NO3/c1-19(2,3)13-9-7-12(8-10-13)18(24)25-11-16(23)22-17-14(20)5-4-6-15(17)21/h4-6,12-13H,7-11H2,1-3H3,(H,22,23). The maximum atomic E-state index is 13.5. The lowest BCUT2D eigenvalue weighted by Gasteiger charge is -2.36. The van der Waals surface area contributed by atoms with Crippen LogP contribution in [0.1, 0.15) is 46.5 Å². The molecule has 1 aromatic rings. The molecule has 4 nitrogen and oxygen atoms in total. The average Bonchev–Trinajstić information content (AvgIpc) is 2.55. The molecule has 1 saturated carbocycles. The molecule has 1 fully saturated rings. The van der Waals surface area contributed by atoms with E-state index in [4.69, 9.17) is 4.74 Å². The van der Waals surface area contributed by atoms with E-state index in [0.717, 1.165) is 37.8 Å². The molecular formula is C19H25F2NO3. The molecule has 1 N–H and O–H groups in total. The second kappa shape index (κ2) is 7.93. The molecule has 2 rings (SSSR count). The number of esters is 1. The van der Waals surface area contributed by atoms with Crippen molar-refractivity contribution < 1.29 is 23.1 Å². The fraction of sp³-hybridized carbons (Fsp3) is 0.579. The molecule has 0 saturated heterocycles. The minimum absolute atomic E-state index is 0.211. The van der Waals surface area contributed by atoms with Crippen LogP contribution in [0.3, 0.4) is 0 Å².